The molecule has 0 aliphatic carbocycles. The van der Waals surface area contributed by atoms with E-state index in [-0.39, 0.29) is 15.6 Å². The summed E-state index contributed by atoms with van der Waals surface area (Å²) in [4.78, 5) is 39.1. The number of primary amides is 2. The lowest BCUT2D eigenvalue weighted by Crippen LogP contribution is -2.46. The van der Waals surface area contributed by atoms with E-state index in [1.807, 2.05) is 0 Å². The number of hydrogen-bond acceptors (Lipinski definition) is 6. The van der Waals surface area contributed by atoms with Gasteiger partial charge in [-0.15, -0.1) is 0 Å². The third-order valence-corrected chi connectivity index (χ3v) is 6.14. The van der Waals surface area contributed by atoms with Crippen molar-refractivity contribution >= 4 is 41.0 Å². The molecule has 1 aromatic carbocycles. The summed E-state index contributed by atoms with van der Waals surface area (Å²) in [6.45, 7) is 3.30. The van der Waals surface area contributed by atoms with E-state index >= 15 is 0 Å². The number of halogens is 2. The number of carbonyl (C=O) groups excluding carboxylic acids is 3. The molecule has 1 saturated heterocycles. The Morgan fingerprint density at radius 3 is 2.42 bits per heavy atom. The number of nitrogens with two attached hydrogens (primary N) is 2. The van der Waals surface area contributed by atoms with Gasteiger partial charge in [-0.25, -0.2) is 0 Å². The monoisotopic (exact) mass is 462 g/mol. The molecule has 0 radical (unpaired) electrons. The van der Waals surface area contributed by atoms with Crippen LogP contribution in [0.3, 0.4) is 0 Å². The summed E-state index contributed by atoms with van der Waals surface area (Å²) >= 11 is 12.2. The fraction of sp³-hybridized carbons (Fsp3) is 0.333. The number of amides is 2. The maximum absolute atomic E-state index is 13.4. The average molecular weight is 463 g/mol. The van der Waals surface area contributed by atoms with Crippen molar-refractivity contribution < 1.29 is 19.1 Å². The summed E-state index contributed by atoms with van der Waals surface area (Å²) in [5.41, 5.74) is 9.75. The van der Waals surface area contributed by atoms with Gasteiger partial charge >= 0.3 is 5.97 Å². The fourth-order valence-electron chi connectivity index (χ4n) is 4.17. The Morgan fingerprint density at radius 1 is 1.23 bits per heavy atom. The molecule has 0 aromatic heterocycles. The number of esters is 1. The third-order valence-electron chi connectivity index (χ3n) is 5.41. The number of benzene rings is 1. The minimum atomic E-state index is -1.86. The number of carbonyl (C=O) groups is 3. The van der Waals surface area contributed by atoms with E-state index in [0.717, 1.165) is 0 Å². The smallest absolute Gasteiger partial charge is 0.329 e. The van der Waals surface area contributed by atoms with Crippen molar-refractivity contribution in [1.29, 1.82) is 5.26 Å². The van der Waals surface area contributed by atoms with E-state index in [0.29, 0.717) is 5.56 Å². The van der Waals surface area contributed by atoms with Gasteiger partial charge in [0, 0.05) is 12.1 Å². The van der Waals surface area contributed by atoms with E-state index in [4.69, 9.17) is 39.4 Å². The van der Waals surface area contributed by atoms with Crippen LogP contribution in [0.15, 0.2) is 42.1 Å². The Morgan fingerprint density at radius 2 is 1.90 bits per heavy atom. The van der Waals surface area contributed by atoms with Gasteiger partial charge in [0.2, 0.25) is 11.8 Å². The molecule has 1 aromatic rings. The molecule has 4 N–H and O–H groups in total. The summed E-state index contributed by atoms with van der Waals surface area (Å²) in [5.74, 6) is -3.41. The first-order valence-electron chi connectivity index (χ1n) is 9.38. The summed E-state index contributed by atoms with van der Waals surface area (Å²) in [6, 6.07) is 4.55. The summed E-state index contributed by atoms with van der Waals surface area (Å²) < 4.78 is 5.44. The van der Waals surface area contributed by atoms with Crippen LogP contribution in [0.4, 0.5) is 0 Å². The zero-order valence-corrected chi connectivity index (χ0v) is 18.2. The second-order valence-electron chi connectivity index (χ2n) is 7.63. The highest BCUT2D eigenvalue weighted by molar-refractivity contribution is 6.42. The molecular weight excluding hydrogens is 443 g/mol. The zero-order valence-electron chi connectivity index (χ0n) is 16.7. The van der Waals surface area contributed by atoms with Gasteiger partial charge in [-0.2, -0.15) is 5.26 Å². The Balaban J connectivity index is 2.31. The molecule has 0 saturated carbocycles. The van der Waals surface area contributed by atoms with E-state index in [1.165, 1.54) is 35.4 Å². The van der Waals surface area contributed by atoms with Gasteiger partial charge < -0.3 is 21.1 Å². The van der Waals surface area contributed by atoms with Gasteiger partial charge in [-0.05, 0) is 37.6 Å². The standard InChI is InChI=1S/C21H20Cl2N4O4/c1-10(2)31-20(30)21(9-24)15-6-4-12(18(25)28)8-27(15)17(19(26)29)16(21)11-3-5-13(22)14(23)7-11/h3-8,10,15-17H,1-2H3,(H2,25,28)(H2,26,29)/t15-,16-,17+,21-/m0/s1. The minimum Gasteiger partial charge on any atom is -0.462 e. The lowest BCUT2D eigenvalue weighted by molar-refractivity contribution is -0.157. The van der Waals surface area contributed by atoms with Crippen molar-refractivity contribution in [3.8, 4) is 6.07 Å². The van der Waals surface area contributed by atoms with Gasteiger partial charge in [0.1, 0.15) is 6.04 Å². The Hall–Kier alpha value is -3.02. The van der Waals surface area contributed by atoms with E-state index in [1.54, 1.807) is 19.9 Å². The molecule has 0 unspecified atom stereocenters. The van der Waals surface area contributed by atoms with Crippen molar-refractivity contribution in [1.82, 2.24) is 4.90 Å². The average Bonchev–Trinajstić information content (AvgIpc) is 3.00. The van der Waals surface area contributed by atoms with E-state index in [2.05, 4.69) is 6.07 Å². The molecule has 2 heterocycles. The quantitative estimate of drug-likeness (QED) is 0.641. The highest BCUT2D eigenvalue weighted by Crippen LogP contribution is 2.54. The molecule has 0 spiro atoms. The largest absolute Gasteiger partial charge is 0.462 e. The molecule has 2 amide bonds. The highest BCUT2D eigenvalue weighted by Gasteiger charge is 2.66. The Labute approximate surface area is 189 Å². The van der Waals surface area contributed by atoms with Crippen molar-refractivity contribution in [2.75, 3.05) is 0 Å². The Bertz CT molecular complexity index is 1060. The maximum Gasteiger partial charge on any atom is 0.329 e. The first kappa shape index (κ1) is 22.7. The molecule has 2 aliphatic heterocycles. The molecular formula is C21H20Cl2N4O4. The van der Waals surface area contributed by atoms with Gasteiger partial charge in [-0.3, -0.25) is 14.4 Å². The first-order chi connectivity index (χ1) is 14.5. The number of nitrogens with zero attached hydrogens (tertiary/aromatic N) is 2. The number of nitriles is 1. The number of hydrogen-bond donors (Lipinski definition) is 2. The molecule has 31 heavy (non-hydrogen) atoms. The third kappa shape index (κ3) is 3.64. The molecule has 1 fully saturated rings. The van der Waals surface area contributed by atoms with Crippen LogP contribution in [0.2, 0.25) is 10.0 Å². The van der Waals surface area contributed by atoms with Crippen LogP contribution in [0.5, 0.6) is 0 Å². The highest BCUT2D eigenvalue weighted by atomic mass is 35.5. The van der Waals surface area contributed by atoms with Crippen molar-refractivity contribution in [2.45, 2.75) is 38.0 Å². The molecule has 162 valence electrons. The van der Waals surface area contributed by atoms with Crippen LogP contribution in [0.25, 0.3) is 0 Å². The molecule has 4 atom stereocenters. The normalized spacial score (nSPS) is 26.8. The maximum atomic E-state index is 13.4. The molecule has 2 aliphatic rings. The predicted octanol–water partition coefficient (Wildman–Crippen LogP) is 2.02. The number of rotatable bonds is 5. The molecule has 8 nitrogen and oxygen atoms in total. The van der Waals surface area contributed by atoms with Gasteiger partial charge in [0.25, 0.3) is 0 Å². The van der Waals surface area contributed by atoms with Crippen molar-refractivity contribution in [2.24, 2.45) is 16.9 Å². The van der Waals surface area contributed by atoms with Crippen LogP contribution in [-0.4, -0.2) is 40.9 Å². The van der Waals surface area contributed by atoms with Crippen LogP contribution in [0, 0.1) is 16.7 Å². The summed E-state index contributed by atoms with van der Waals surface area (Å²) in [6.07, 6.45) is 3.72. The Kier molecular flexibility index (Phi) is 6.03. The second-order valence-corrected chi connectivity index (χ2v) is 8.45. The molecule has 10 heteroatoms. The second kappa shape index (κ2) is 8.25. The number of fused-ring (bicyclic) bond motifs is 1. The molecule has 3 rings (SSSR count). The fourth-order valence-corrected chi connectivity index (χ4v) is 4.48. The van der Waals surface area contributed by atoms with Crippen LogP contribution < -0.4 is 11.5 Å². The SMILES string of the molecule is CC(C)OC(=O)[C@@]1(C#N)[C@@H]2C=CC(C(N)=O)=CN2[C@@H](C(N)=O)[C@@H]1c1ccc(Cl)c(Cl)c1. The molecule has 0 bridgehead atoms. The van der Waals surface area contributed by atoms with Gasteiger partial charge in [-0.1, -0.05) is 35.3 Å². The zero-order chi connectivity index (χ0) is 23.1. The van der Waals surface area contributed by atoms with Crippen molar-refractivity contribution in [3.63, 3.8) is 0 Å². The van der Waals surface area contributed by atoms with E-state index in [9.17, 15) is 19.6 Å². The lowest BCUT2D eigenvalue weighted by atomic mass is 9.68. The minimum absolute atomic E-state index is 0.0985. The van der Waals surface area contributed by atoms with Gasteiger partial charge in [0.15, 0.2) is 5.41 Å². The van der Waals surface area contributed by atoms with Crippen LogP contribution in [-0.2, 0) is 19.1 Å². The summed E-state index contributed by atoms with van der Waals surface area (Å²) in [7, 11) is 0. The predicted molar refractivity (Wildman–Crippen MR) is 114 cm³/mol. The lowest BCUT2D eigenvalue weighted by Gasteiger charge is -2.33. The van der Waals surface area contributed by atoms with E-state index < -0.39 is 47.3 Å². The number of ether oxygens (including phenoxy) is 1. The van der Waals surface area contributed by atoms with Crippen LogP contribution in [0.1, 0.15) is 25.3 Å². The first-order valence-corrected chi connectivity index (χ1v) is 10.1. The van der Waals surface area contributed by atoms with Crippen LogP contribution >= 0.6 is 23.2 Å². The summed E-state index contributed by atoms with van der Waals surface area (Å²) in [5, 5.41) is 10.8. The van der Waals surface area contributed by atoms with Crippen molar-refractivity contribution in [3.05, 3.63) is 57.7 Å². The van der Waals surface area contributed by atoms with Gasteiger partial charge in [0.05, 0.1) is 33.8 Å². The topological polar surface area (TPSA) is 140 Å².